The summed E-state index contributed by atoms with van der Waals surface area (Å²) in [6.07, 6.45) is 2.46. The van der Waals surface area contributed by atoms with Gasteiger partial charge < -0.3 is 20.1 Å². The lowest BCUT2D eigenvalue weighted by Crippen LogP contribution is -2.18. The van der Waals surface area contributed by atoms with Gasteiger partial charge in [-0.05, 0) is 43.0 Å². The Kier molecular flexibility index (Phi) is 16.4. The smallest absolute Gasteiger partial charge is 0.216 e. The molecule has 6 nitrogen and oxygen atoms in total. The lowest BCUT2D eigenvalue weighted by Gasteiger charge is -2.07. The Bertz CT molecular complexity index is 709. The van der Waals surface area contributed by atoms with Crippen LogP contribution in [0.1, 0.15) is 31.4 Å². The molecule has 0 aliphatic heterocycles. The summed E-state index contributed by atoms with van der Waals surface area (Å²) >= 11 is 0. The quantitative estimate of drug-likeness (QED) is 0.481. The van der Waals surface area contributed by atoms with E-state index in [1.807, 2.05) is 31.2 Å². The van der Waals surface area contributed by atoms with E-state index in [1.165, 1.54) is 24.6 Å². The molecule has 30 heavy (non-hydrogen) atoms. The highest BCUT2D eigenvalue weighted by Crippen LogP contribution is 2.13. The van der Waals surface area contributed by atoms with Crippen LogP contribution < -0.4 is 15.4 Å². The van der Waals surface area contributed by atoms with Crippen molar-refractivity contribution in [1.82, 2.24) is 10.6 Å². The average Bonchev–Trinajstić information content (AvgIpc) is 2.71. The van der Waals surface area contributed by atoms with Crippen LogP contribution in [-0.2, 0) is 27.3 Å². The number of methoxy groups -OCH3 is 1. The standard InChI is InChI=1S/C17H18FNO2.C4H9NO.C2H6O/c18-16-4-1-5-17(11-16)21-10-2-3-14-6-8-15(9-7-14)12-19-13-20;1-3-5-4(2)6;1-3-2/h1,4-9,11,13H,2-3,10,12H2,(H,19,20);3H2,1-2H3,(H,5,6);1-2H3. The van der Waals surface area contributed by atoms with Crippen LogP contribution in [0.4, 0.5) is 4.39 Å². The van der Waals surface area contributed by atoms with Crippen molar-refractivity contribution in [2.24, 2.45) is 0 Å². The van der Waals surface area contributed by atoms with Gasteiger partial charge in [-0.25, -0.2) is 4.39 Å². The number of nitrogens with one attached hydrogen (secondary N) is 2. The van der Waals surface area contributed by atoms with Gasteiger partial charge in [0.25, 0.3) is 0 Å². The van der Waals surface area contributed by atoms with E-state index in [4.69, 9.17) is 4.74 Å². The first kappa shape index (κ1) is 27.1. The van der Waals surface area contributed by atoms with Crippen LogP contribution in [0.3, 0.4) is 0 Å². The van der Waals surface area contributed by atoms with E-state index in [2.05, 4.69) is 15.4 Å². The number of halogens is 1. The third-order valence-corrected chi connectivity index (χ3v) is 3.51. The van der Waals surface area contributed by atoms with Gasteiger partial charge in [0, 0.05) is 40.3 Å². The van der Waals surface area contributed by atoms with E-state index < -0.39 is 0 Å². The Morgan fingerprint density at radius 3 is 2.23 bits per heavy atom. The molecule has 0 spiro atoms. The summed E-state index contributed by atoms with van der Waals surface area (Å²) in [6.45, 7) is 5.23. The fraction of sp³-hybridized carbons (Fsp3) is 0.391. The minimum Gasteiger partial charge on any atom is -0.493 e. The van der Waals surface area contributed by atoms with E-state index in [0.29, 0.717) is 25.3 Å². The number of amides is 2. The fourth-order valence-electron chi connectivity index (χ4n) is 2.26. The summed E-state index contributed by atoms with van der Waals surface area (Å²) in [5.41, 5.74) is 2.29. The Balaban J connectivity index is 0.000000791. The summed E-state index contributed by atoms with van der Waals surface area (Å²) in [6, 6.07) is 14.3. The van der Waals surface area contributed by atoms with Crippen molar-refractivity contribution in [2.45, 2.75) is 33.2 Å². The molecule has 7 heteroatoms. The number of hydrogen-bond acceptors (Lipinski definition) is 4. The summed E-state index contributed by atoms with van der Waals surface area (Å²) in [5.74, 6) is 0.315. The maximum Gasteiger partial charge on any atom is 0.216 e. The van der Waals surface area contributed by atoms with Gasteiger partial charge in [0.05, 0.1) is 6.61 Å². The van der Waals surface area contributed by atoms with Crippen molar-refractivity contribution in [1.29, 1.82) is 0 Å². The largest absolute Gasteiger partial charge is 0.493 e. The highest BCUT2D eigenvalue weighted by molar-refractivity contribution is 5.72. The molecule has 0 heterocycles. The van der Waals surface area contributed by atoms with Crippen molar-refractivity contribution in [2.75, 3.05) is 27.4 Å². The lowest BCUT2D eigenvalue weighted by atomic mass is 10.1. The first-order valence-corrected chi connectivity index (χ1v) is 9.74. The molecular weight excluding hydrogens is 387 g/mol. The summed E-state index contributed by atoms with van der Waals surface area (Å²) in [4.78, 5) is 20.1. The monoisotopic (exact) mass is 420 g/mol. The molecule has 2 aromatic carbocycles. The summed E-state index contributed by atoms with van der Waals surface area (Å²) < 4.78 is 22.7. The molecule has 0 saturated carbocycles. The van der Waals surface area contributed by atoms with E-state index in [-0.39, 0.29) is 11.7 Å². The van der Waals surface area contributed by atoms with Gasteiger partial charge in [-0.3, -0.25) is 9.59 Å². The highest BCUT2D eigenvalue weighted by Gasteiger charge is 1.98. The SMILES string of the molecule is CCNC(C)=O.COC.O=CNCc1ccc(CCCOc2cccc(F)c2)cc1. The van der Waals surface area contributed by atoms with Crippen LogP contribution in [0.2, 0.25) is 0 Å². The molecule has 2 amide bonds. The van der Waals surface area contributed by atoms with E-state index >= 15 is 0 Å². The van der Waals surface area contributed by atoms with E-state index in [9.17, 15) is 14.0 Å². The first-order valence-electron chi connectivity index (χ1n) is 9.74. The second-order valence-corrected chi connectivity index (χ2v) is 6.22. The van der Waals surface area contributed by atoms with Crippen molar-refractivity contribution < 1.29 is 23.5 Å². The van der Waals surface area contributed by atoms with Crippen molar-refractivity contribution in [3.63, 3.8) is 0 Å². The van der Waals surface area contributed by atoms with Crippen LogP contribution in [0, 0.1) is 5.82 Å². The molecular formula is C23H33FN2O4. The van der Waals surface area contributed by atoms with Gasteiger partial charge in [-0.15, -0.1) is 0 Å². The number of benzene rings is 2. The van der Waals surface area contributed by atoms with Gasteiger partial charge in [-0.2, -0.15) is 0 Å². The average molecular weight is 421 g/mol. The molecule has 0 aliphatic carbocycles. The van der Waals surface area contributed by atoms with Crippen molar-refractivity contribution in [3.8, 4) is 5.75 Å². The molecule has 0 saturated heterocycles. The Morgan fingerprint density at radius 1 is 1.10 bits per heavy atom. The van der Waals surface area contributed by atoms with Crippen LogP contribution in [0.15, 0.2) is 48.5 Å². The topological polar surface area (TPSA) is 76.7 Å². The molecule has 0 radical (unpaired) electrons. The molecule has 0 unspecified atom stereocenters. The first-order chi connectivity index (χ1) is 14.5. The summed E-state index contributed by atoms with van der Waals surface area (Å²) in [7, 11) is 3.25. The highest BCUT2D eigenvalue weighted by atomic mass is 19.1. The Hall–Kier alpha value is -2.93. The predicted molar refractivity (Wildman–Crippen MR) is 117 cm³/mol. The number of ether oxygens (including phenoxy) is 2. The Morgan fingerprint density at radius 2 is 1.73 bits per heavy atom. The van der Waals surface area contributed by atoms with Gasteiger partial charge in [0.2, 0.25) is 12.3 Å². The molecule has 166 valence electrons. The minimum atomic E-state index is -0.285. The number of carbonyl (C=O) groups is 2. The third kappa shape index (κ3) is 15.0. The maximum atomic E-state index is 13.0. The molecule has 0 aromatic heterocycles. The van der Waals surface area contributed by atoms with Crippen LogP contribution in [-0.4, -0.2) is 39.7 Å². The molecule has 0 bridgehead atoms. The third-order valence-electron chi connectivity index (χ3n) is 3.51. The number of carbonyl (C=O) groups excluding carboxylic acids is 2. The van der Waals surface area contributed by atoms with Gasteiger partial charge in [0.1, 0.15) is 11.6 Å². The number of hydrogen-bond donors (Lipinski definition) is 2. The minimum absolute atomic E-state index is 0.0394. The molecule has 0 atom stereocenters. The zero-order valence-electron chi connectivity index (χ0n) is 18.2. The number of aryl methyl sites for hydroxylation is 1. The zero-order valence-corrected chi connectivity index (χ0v) is 18.2. The summed E-state index contributed by atoms with van der Waals surface area (Å²) in [5, 5.41) is 5.20. The van der Waals surface area contributed by atoms with E-state index in [1.54, 1.807) is 26.4 Å². The molecule has 0 fully saturated rings. The Labute approximate surface area is 178 Å². The van der Waals surface area contributed by atoms with Crippen LogP contribution in [0.5, 0.6) is 5.75 Å². The molecule has 2 rings (SSSR count). The lowest BCUT2D eigenvalue weighted by molar-refractivity contribution is -0.118. The molecule has 2 N–H and O–H groups in total. The van der Waals surface area contributed by atoms with E-state index in [0.717, 1.165) is 24.9 Å². The second-order valence-electron chi connectivity index (χ2n) is 6.22. The maximum absolute atomic E-state index is 13.0. The van der Waals surface area contributed by atoms with Gasteiger partial charge in [-0.1, -0.05) is 30.3 Å². The van der Waals surface area contributed by atoms with Crippen molar-refractivity contribution >= 4 is 12.3 Å². The zero-order chi connectivity index (χ0) is 22.6. The van der Waals surface area contributed by atoms with Crippen LogP contribution in [0.25, 0.3) is 0 Å². The van der Waals surface area contributed by atoms with Crippen LogP contribution >= 0.6 is 0 Å². The predicted octanol–water partition coefficient (Wildman–Crippen LogP) is 3.49. The van der Waals surface area contributed by atoms with Gasteiger partial charge >= 0.3 is 0 Å². The van der Waals surface area contributed by atoms with Gasteiger partial charge in [0.15, 0.2) is 0 Å². The normalized spacial score (nSPS) is 9.23. The van der Waals surface area contributed by atoms with Crippen molar-refractivity contribution in [3.05, 3.63) is 65.5 Å². The number of rotatable bonds is 9. The molecule has 2 aromatic rings. The molecule has 0 aliphatic rings. The second kappa shape index (κ2) is 18.1. The fourth-order valence-corrected chi connectivity index (χ4v) is 2.26.